The van der Waals surface area contributed by atoms with Crippen molar-refractivity contribution < 1.29 is 9.72 Å². The van der Waals surface area contributed by atoms with Crippen molar-refractivity contribution in [1.82, 2.24) is 14.7 Å². The van der Waals surface area contributed by atoms with E-state index in [9.17, 15) is 14.9 Å². The third-order valence-electron chi connectivity index (χ3n) is 4.65. The molecule has 8 heteroatoms. The highest BCUT2D eigenvalue weighted by atomic mass is 35.5. The number of nitro groups is 1. The second-order valence-corrected chi connectivity index (χ2v) is 6.71. The van der Waals surface area contributed by atoms with Crippen LogP contribution < -0.4 is 0 Å². The van der Waals surface area contributed by atoms with Crippen LogP contribution in [-0.4, -0.2) is 32.1 Å². The van der Waals surface area contributed by atoms with Crippen molar-refractivity contribution in [3.05, 3.63) is 68.0 Å². The van der Waals surface area contributed by atoms with Crippen molar-refractivity contribution in [2.75, 3.05) is 6.54 Å². The second kappa shape index (κ2) is 6.00. The number of fused-ring (bicyclic) bond motifs is 2. The average Bonchev–Trinajstić information content (AvgIpc) is 3.03. The van der Waals surface area contributed by atoms with Crippen molar-refractivity contribution in [3.63, 3.8) is 0 Å². The Kier molecular flexibility index (Phi) is 3.80. The van der Waals surface area contributed by atoms with Crippen LogP contribution in [0.25, 0.3) is 6.20 Å². The van der Waals surface area contributed by atoms with Gasteiger partial charge < -0.3 is 4.90 Å². The predicted molar refractivity (Wildman–Crippen MR) is 91.6 cm³/mol. The summed E-state index contributed by atoms with van der Waals surface area (Å²) in [4.78, 5) is 25.4. The summed E-state index contributed by atoms with van der Waals surface area (Å²) in [5.41, 5.74) is 2.97. The van der Waals surface area contributed by atoms with E-state index in [0.29, 0.717) is 23.8 Å². The summed E-state index contributed by atoms with van der Waals surface area (Å²) in [5, 5.41) is 15.8. The monoisotopic (exact) mass is 358 g/mol. The molecule has 25 heavy (non-hydrogen) atoms. The fourth-order valence-corrected chi connectivity index (χ4v) is 3.59. The van der Waals surface area contributed by atoms with Crippen LogP contribution >= 0.6 is 11.6 Å². The molecule has 0 bridgehead atoms. The lowest BCUT2D eigenvalue weighted by molar-refractivity contribution is -0.529. The van der Waals surface area contributed by atoms with Gasteiger partial charge in [0.05, 0.1) is 6.42 Å². The number of aromatic nitrogens is 2. The van der Waals surface area contributed by atoms with E-state index in [-0.39, 0.29) is 18.0 Å². The normalized spacial score (nSPS) is 19.0. The van der Waals surface area contributed by atoms with Gasteiger partial charge in [-0.1, -0.05) is 35.9 Å². The van der Waals surface area contributed by atoms with Crippen LogP contribution in [0.2, 0.25) is 0 Å². The number of amides is 1. The molecule has 4 rings (SSSR count). The maximum atomic E-state index is 12.8. The highest BCUT2D eigenvalue weighted by Crippen LogP contribution is 2.32. The molecule has 3 heterocycles. The first-order chi connectivity index (χ1) is 12.0. The number of hydrogen-bond acceptors (Lipinski definition) is 4. The first-order valence-corrected chi connectivity index (χ1v) is 8.36. The molecule has 7 nitrogen and oxygen atoms in total. The summed E-state index contributed by atoms with van der Waals surface area (Å²) in [5.74, 6) is -0.219. The minimum absolute atomic E-state index is 0.116. The molecule has 0 fully saturated rings. The largest absolute Gasteiger partial charge is 0.333 e. The van der Waals surface area contributed by atoms with Gasteiger partial charge >= 0.3 is 0 Å². The maximum Gasteiger partial charge on any atom is 0.274 e. The minimum Gasteiger partial charge on any atom is -0.333 e. The zero-order valence-electron chi connectivity index (χ0n) is 13.3. The van der Waals surface area contributed by atoms with Crippen LogP contribution in [-0.2, 0) is 13.0 Å². The van der Waals surface area contributed by atoms with Crippen LogP contribution in [0.1, 0.15) is 39.8 Å². The van der Waals surface area contributed by atoms with Crippen molar-refractivity contribution in [2.24, 2.45) is 0 Å². The highest BCUT2D eigenvalue weighted by molar-refractivity contribution is 6.31. The molecule has 1 aromatic carbocycles. The minimum atomic E-state index is -0.978. The number of halogens is 1. The molecule has 1 aromatic heterocycles. The Morgan fingerprint density at radius 2 is 2.08 bits per heavy atom. The smallest absolute Gasteiger partial charge is 0.274 e. The van der Waals surface area contributed by atoms with Crippen LogP contribution in [0, 0.1) is 10.1 Å². The highest BCUT2D eigenvalue weighted by Gasteiger charge is 2.34. The van der Waals surface area contributed by atoms with Gasteiger partial charge in [-0.05, 0) is 23.6 Å². The quantitative estimate of drug-likeness (QED) is 0.610. The third-order valence-corrected chi connectivity index (χ3v) is 4.90. The van der Waals surface area contributed by atoms with Gasteiger partial charge in [-0.2, -0.15) is 5.10 Å². The standard InChI is InChI=1S/C17H15ClN4O3/c18-13-7-16(22(24)25)15-8-14(19-21(15)10-13)17(23)20-6-5-11-3-1-2-4-12(11)9-20/h1-4,8,10,16H,5-7,9H2. The lowest BCUT2D eigenvalue weighted by atomic mass is 10.00. The number of hydrogen-bond donors (Lipinski definition) is 0. The molecule has 0 spiro atoms. The van der Waals surface area contributed by atoms with E-state index in [1.54, 1.807) is 4.90 Å². The van der Waals surface area contributed by atoms with Crippen LogP contribution in [0.3, 0.4) is 0 Å². The lowest BCUT2D eigenvalue weighted by Gasteiger charge is -2.28. The first kappa shape index (κ1) is 15.8. The van der Waals surface area contributed by atoms with Gasteiger partial charge in [-0.15, -0.1) is 0 Å². The Balaban J connectivity index is 1.62. The third kappa shape index (κ3) is 2.80. The van der Waals surface area contributed by atoms with E-state index in [0.717, 1.165) is 12.0 Å². The SMILES string of the molecule is O=C(c1cc2n(n1)C=C(Cl)CC2[N+](=O)[O-])N1CCc2ccccc2C1. The predicted octanol–water partition coefficient (Wildman–Crippen LogP) is 2.84. The molecule has 0 saturated heterocycles. The summed E-state index contributed by atoms with van der Waals surface area (Å²) in [6, 6.07) is 8.56. The molecule has 0 aliphatic carbocycles. The maximum absolute atomic E-state index is 12.8. The van der Waals surface area contributed by atoms with E-state index in [4.69, 9.17) is 11.6 Å². The van der Waals surface area contributed by atoms with Gasteiger partial charge in [0.25, 0.3) is 11.9 Å². The van der Waals surface area contributed by atoms with E-state index < -0.39 is 11.0 Å². The molecule has 2 aromatic rings. The Morgan fingerprint density at radius 1 is 1.32 bits per heavy atom. The summed E-state index contributed by atoms with van der Waals surface area (Å²) >= 11 is 5.98. The summed E-state index contributed by atoms with van der Waals surface area (Å²) in [6.07, 6.45) is 2.43. The molecule has 1 amide bonds. The van der Waals surface area contributed by atoms with E-state index >= 15 is 0 Å². The molecule has 0 N–H and O–H groups in total. The van der Waals surface area contributed by atoms with Gasteiger partial charge in [-0.25, -0.2) is 4.68 Å². The van der Waals surface area contributed by atoms with E-state index in [1.165, 1.54) is 22.5 Å². The number of benzene rings is 1. The van der Waals surface area contributed by atoms with E-state index in [1.807, 2.05) is 18.2 Å². The summed E-state index contributed by atoms with van der Waals surface area (Å²) in [7, 11) is 0. The van der Waals surface area contributed by atoms with Gasteiger partial charge in [0.1, 0.15) is 5.69 Å². The Bertz CT molecular complexity index is 905. The molecular formula is C17H15ClN4O3. The number of nitrogens with zero attached hydrogens (tertiary/aromatic N) is 4. The molecule has 0 saturated carbocycles. The number of carbonyl (C=O) groups is 1. The zero-order valence-corrected chi connectivity index (χ0v) is 14.0. The Morgan fingerprint density at radius 3 is 2.84 bits per heavy atom. The van der Waals surface area contributed by atoms with Crippen LogP contribution in [0.5, 0.6) is 0 Å². The summed E-state index contributed by atoms with van der Waals surface area (Å²) < 4.78 is 1.35. The zero-order chi connectivity index (χ0) is 17.6. The molecule has 2 aliphatic heterocycles. The Hall–Kier alpha value is -2.67. The van der Waals surface area contributed by atoms with Crippen molar-refractivity contribution >= 4 is 23.7 Å². The molecule has 1 unspecified atom stereocenters. The molecule has 1 atom stereocenters. The lowest BCUT2D eigenvalue weighted by Crippen LogP contribution is -2.36. The topological polar surface area (TPSA) is 81.3 Å². The molecule has 128 valence electrons. The Labute approximate surface area is 148 Å². The fourth-order valence-electron chi connectivity index (χ4n) is 3.35. The molecule has 0 radical (unpaired) electrons. The second-order valence-electron chi connectivity index (χ2n) is 6.23. The van der Waals surface area contributed by atoms with Gasteiger partial charge in [-0.3, -0.25) is 14.9 Å². The van der Waals surface area contributed by atoms with Crippen LogP contribution in [0.4, 0.5) is 0 Å². The molecule has 2 aliphatic rings. The fraction of sp³-hybridized carbons (Fsp3) is 0.294. The van der Waals surface area contributed by atoms with Gasteiger partial charge in [0.2, 0.25) is 0 Å². The summed E-state index contributed by atoms with van der Waals surface area (Å²) in [6.45, 7) is 1.12. The van der Waals surface area contributed by atoms with Crippen molar-refractivity contribution in [2.45, 2.75) is 25.4 Å². The van der Waals surface area contributed by atoms with Crippen molar-refractivity contribution in [3.8, 4) is 0 Å². The number of rotatable bonds is 2. The van der Waals surface area contributed by atoms with Gasteiger partial charge in [0.15, 0.2) is 5.69 Å². The van der Waals surface area contributed by atoms with Crippen LogP contribution in [0.15, 0.2) is 35.4 Å². The first-order valence-electron chi connectivity index (χ1n) is 7.98. The van der Waals surface area contributed by atoms with Crippen molar-refractivity contribution in [1.29, 1.82) is 0 Å². The van der Waals surface area contributed by atoms with E-state index in [2.05, 4.69) is 11.2 Å². The number of carbonyl (C=O) groups excluding carboxylic acids is 1. The molecular weight excluding hydrogens is 344 g/mol. The van der Waals surface area contributed by atoms with Gasteiger partial charge in [0, 0.05) is 29.2 Å². The average molecular weight is 359 g/mol.